The molecule has 0 radical (unpaired) electrons. The number of hydrogen-bond donors (Lipinski definition) is 1. The first-order valence-electron chi connectivity index (χ1n) is 7.70. The molecule has 1 aromatic rings. The summed E-state index contributed by atoms with van der Waals surface area (Å²) < 4.78 is 5.61. The molecule has 1 aliphatic carbocycles. The molecule has 2 heteroatoms. The SMILES string of the molecule is CCCOc1ccc(NC2CCCC(C)C2C)cc1. The van der Waals surface area contributed by atoms with Crippen LogP contribution in [0.3, 0.4) is 0 Å². The van der Waals surface area contributed by atoms with Crippen LogP contribution in [0.5, 0.6) is 5.75 Å². The molecule has 106 valence electrons. The molecule has 0 spiro atoms. The first-order valence-corrected chi connectivity index (χ1v) is 7.70. The maximum atomic E-state index is 5.61. The Morgan fingerprint density at radius 3 is 2.58 bits per heavy atom. The Morgan fingerprint density at radius 1 is 1.16 bits per heavy atom. The maximum Gasteiger partial charge on any atom is 0.119 e. The first kappa shape index (κ1) is 14.2. The van der Waals surface area contributed by atoms with Gasteiger partial charge in [0.2, 0.25) is 0 Å². The van der Waals surface area contributed by atoms with E-state index in [1.165, 1.54) is 24.9 Å². The van der Waals surface area contributed by atoms with Gasteiger partial charge < -0.3 is 10.1 Å². The second kappa shape index (κ2) is 6.83. The molecule has 0 aromatic heterocycles. The van der Waals surface area contributed by atoms with E-state index in [0.717, 1.165) is 30.6 Å². The highest BCUT2D eigenvalue weighted by atomic mass is 16.5. The molecular formula is C17H27NO. The summed E-state index contributed by atoms with van der Waals surface area (Å²) in [5.74, 6) is 2.56. The van der Waals surface area contributed by atoms with Crippen LogP contribution in [0.4, 0.5) is 5.69 Å². The van der Waals surface area contributed by atoms with Gasteiger partial charge in [0, 0.05) is 11.7 Å². The number of hydrogen-bond acceptors (Lipinski definition) is 2. The second-order valence-corrected chi connectivity index (χ2v) is 5.89. The van der Waals surface area contributed by atoms with E-state index in [2.05, 4.69) is 50.4 Å². The molecule has 2 nitrogen and oxygen atoms in total. The maximum absolute atomic E-state index is 5.61. The standard InChI is InChI=1S/C17H27NO/c1-4-12-19-16-10-8-15(9-11-16)18-17-7-5-6-13(2)14(17)3/h8-11,13-14,17-18H,4-7,12H2,1-3H3. The summed E-state index contributed by atoms with van der Waals surface area (Å²) in [6.07, 6.45) is 5.07. The van der Waals surface area contributed by atoms with Crippen molar-refractivity contribution in [2.75, 3.05) is 11.9 Å². The van der Waals surface area contributed by atoms with Gasteiger partial charge >= 0.3 is 0 Å². The van der Waals surface area contributed by atoms with E-state index in [4.69, 9.17) is 4.74 Å². The van der Waals surface area contributed by atoms with Crippen molar-refractivity contribution in [3.63, 3.8) is 0 Å². The average Bonchev–Trinajstić information content (AvgIpc) is 2.43. The Morgan fingerprint density at radius 2 is 1.89 bits per heavy atom. The lowest BCUT2D eigenvalue weighted by Crippen LogP contribution is -2.34. The van der Waals surface area contributed by atoms with Crippen molar-refractivity contribution in [1.82, 2.24) is 0 Å². The van der Waals surface area contributed by atoms with Crippen LogP contribution < -0.4 is 10.1 Å². The molecule has 2 rings (SSSR count). The zero-order valence-corrected chi connectivity index (χ0v) is 12.5. The van der Waals surface area contributed by atoms with Crippen LogP contribution in [-0.4, -0.2) is 12.6 Å². The summed E-state index contributed by atoms with van der Waals surface area (Å²) in [5.41, 5.74) is 1.22. The van der Waals surface area contributed by atoms with Crippen molar-refractivity contribution in [3.8, 4) is 5.75 Å². The van der Waals surface area contributed by atoms with Crippen LogP contribution in [0.2, 0.25) is 0 Å². The van der Waals surface area contributed by atoms with Gasteiger partial charge in [0.25, 0.3) is 0 Å². The zero-order valence-electron chi connectivity index (χ0n) is 12.5. The smallest absolute Gasteiger partial charge is 0.119 e. The molecule has 0 bridgehead atoms. The van der Waals surface area contributed by atoms with E-state index >= 15 is 0 Å². The van der Waals surface area contributed by atoms with Crippen molar-refractivity contribution in [3.05, 3.63) is 24.3 Å². The predicted molar refractivity (Wildman–Crippen MR) is 81.8 cm³/mol. The molecule has 0 saturated heterocycles. The third kappa shape index (κ3) is 3.89. The van der Waals surface area contributed by atoms with Gasteiger partial charge in [-0.3, -0.25) is 0 Å². The molecule has 3 atom stereocenters. The van der Waals surface area contributed by atoms with E-state index in [-0.39, 0.29) is 0 Å². The van der Waals surface area contributed by atoms with Crippen LogP contribution in [-0.2, 0) is 0 Å². The van der Waals surface area contributed by atoms with E-state index in [9.17, 15) is 0 Å². The summed E-state index contributed by atoms with van der Waals surface area (Å²) in [7, 11) is 0. The van der Waals surface area contributed by atoms with Gasteiger partial charge in [0.15, 0.2) is 0 Å². The minimum atomic E-state index is 0.617. The molecule has 1 N–H and O–H groups in total. The monoisotopic (exact) mass is 261 g/mol. The molecule has 0 aliphatic heterocycles. The predicted octanol–water partition coefficient (Wildman–Crippen LogP) is 4.71. The average molecular weight is 261 g/mol. The number of anilines is 1. The Labute approximate surface area is 117 Å². The molecular weight excluding hydrogens is 234 g/mol. The summed E-state index contributed by atoms with van der Waals surface area (Å²) in [6, 6.07) is 9.02. The first-order chi connectivity index (χ1) is 9.20. The fourth-order valence-corrected chi connectivity index (χ4v) is 2.87. The minimum Gasteiger partial charge on any atom is -0.494 e. The highest BCUT2D eigenvalue weighted by Gasteiger charge is 2.26. The van der Waals surface area contributed by atoms with Gasteiger partial charge in [-0.2, -0.15) is 0 Å². The Kier molecular flexibility index (Phi) is 5.12. The van der Waals surface area contributed by atoms with Crippen LogP contribution in [0.25, 0.3) is 0 Å². The molecule has 19 heavy (non-hydrogen) atoms. The fraction of sp³-hybridized carbons (Fsp3) is 0.647. The van der Waals surface area contributed by atoms with Gasteiger partial charge in [0.05, 0.1) is 6.61 Å². The zero-order chi connectivity index (χ0) is 13.7. The molecule has 1 aliphatic rings. The quantitative estimate of drug-likeness (QED) is 0.828. The molecule has 3 unspecified atom stereocenters. The summed E-state index contributed by atoms with van der Waals surface area (Å²) in [5, 5.41) is 3.69. The Balaban J connectivity index is 1.91. The molecule has 1 aromatic carbocycles. The van der Waals surface area contributed by atoms with E-state index in [1.807, 2.05) is 0 Å². The summed E-state index contributed by atoms with van der Waals surface area (Å²) in [4.78, 5) is 0. The molecule has 0 amide bonds. The number of ether oxygens (including phenoxy) is 1. The lowest BCUT2D eigenvalue weighted by molar-refractivity contribution is 0.253. The number of rotatable bonds is 5. The molecule has 1 saturated carbocycles. The van der Waals surface area contributed by atoms with Gasteiger partial charge in [-0.05, 0) is 48.9 Å². The Hall–Kier alpha value is -1.18. The number of benzene rings is 1. The normalized spacial score (nSPS) is 27.0. The van der Waals surface area contributed by atoms with Crippen LogP contribution in [0.1, 0.15) is 46.5 Å². The third-order valence-electron chi connectivity index (χ3n) is 4.39. The van der Waals surface area contributed by atoms with Crippen LogP contribution in [0, 0.1) is 11.8 Å². The van der Waals surface area contributed by atoms with Crippen molar-refractivity contribution < 1.29 is 4.74 Å². The van der Waals surface area contributed by atoms with Gasteiger partial charge in [-0.1, -0.05) is 33.6 Å². The summed E-state index contributed by atoms with van der Waals surface area (Å²) >= 11 is 0. The topological polar surface area (TPSA) is 21.3 Å². The number of nitrogens with one attached hydrogen (secondary N) is 1. The highest BCUT2D eigenvalue weighted by molar-refractivity contribution is 5.47. The van der Waals surface area contributed by atoms with Crippen molar-refractivity contribution in [2.24, 2.45) is 11.8 Å². The highest BCUT2D eigenvalue weighted by Crippen LogP contribution is 2.31. The lowest BCUT2D eigenvalue weighted by Gasteiger charge is -2.35. The lowest BCUT2D eigenvalue weighted by atomic mass is 9.78. The van der Waals surface area contributed by atoms with Crippen molar-refractivity contribution in [1.29, 1.82) is 0 Å². The van der Waals surface area contributed by atoms with Crippen molar-refractivity contribution in [2.45, 2.75) is 52.5 Å². The minimum absolute atomic E-state index is 0.617. The second-order valence-electron chi connectivity index (χ2n) is 5.89. The fourth-order valence-electron chi connectivity index (χ4n) is 2.87. The van der Waals surface area contributed by atoms with E-state index in [1.54, 1.807) is 0 Å². The van der Waals surface area contributed by atoms with Crippen molar-refractivity contribution >= 4 is 5.69 Å². The molecule has 1 fully saturated rings. The van der Waals surface area contributed by atoms with E-state index < -0.39 is 0 Å². The van der Waals surface area contributed by atoms with Gasteiger partial charge in [-0.15, -0.1) is 0 Å². The van der Waals surface area contributed by atoms with E-state index in [0.29, 0.717) is 6.04 Å². The van der Waals surface area contributed by atoms with Gasteiger partial charge in [-0.25, -0.2) is 0 Å². The largest absolute Gasteiger partial charge is 0.494 e. The Bertz CT molecular complexity index is 373. The van der Waals surface area contributed by atoms with Crippen LogP contribution in [0.15, 0.2) is 24.3 Å². The molecule has 0 heterocycles. The summed E-state index contributed by atoms with van der Waals surface area (Å²) in [6.45, 7) is 7.67. The van der Waals surface area contributed by atoms with Gasteiger partial charge in [0.1, 0.15) is 5.75 Å². The van der Waals surface area contributed by atoms with Crippen LogP contribution >= 0.6 is 0 Å². The third-order valence-corrected chi connectivity index (χ3v) is 4.39.